The molecule has 1 atom stereocenters. The van der Waals surface area contributed by atoms with Crippen LogP contribution in [-0.4, -0.2) is 37.8 Å². The normalized spacial score (nSPS) is 18.0. The van der Waals surface area contributed by atoms with E-state index in [9.17, 15) is 14.7 Å². The number of nitrogens with zero attached hydrogens (tertiary/aromatic N) is 3. The number of amides is 1. The van der Waals surface area contributed by atoms with Crippen molar-refractivity contribution in [2.45, 2.75) is 38.8 Å². The van der Waals surface area contributed by atoms with E-state index in [-0.39, 0.29) is 11.3 Å². The number of carbonyl (C=O) groups is 2. The van der Waals surface area contributed by atoms with Gasteiger partial charge in [0, 0.05) is 31.0 Å². The van der Waals surface area contributed by atoms with Crippen molar-refractivity contribution < 1.29 is 14.7 Å². The molecular formula is C26H27N3O3. The third kappa shape index (κ3) is 4.21. The molecule has 1 N–H and O–H groups in total. The van der Waals surface area contributed by atoms with Crippen molar-refractivity contribution in [3.05, 3.63) is 95.6 Å². The van der Waals surface area contributed by atoms with E-state index in [2.05, 4.69) is 18.8 Å². The van der Waals surface area contributed by atoms with Crippen LogP contribution in [0.25, 0.3) is 5.76 Å². The number of hydrogen-bond donors (Lipinski definition) is 1. The van der Waals surface area contributed by atoms with Gasteiger partial charge in [0.15, 0.2) is 0 Å². The standard InChI is InChI=1S/C26H27N3O3/c1-18(2)19-9-11-20(12-10-19)23-22(24(30)21-7-4-3-5-8-21)25(31)26(32)29(23)15-6-14-28-16-13-27-17-28/h3-5,7-13,16-18,23,30H,6,14-15H2,1-2H3/t23-/m1/s1. The van der Waals surface area contributed by atoms with Crippen molar-refractivity contribution in [2.24, 2.45) is 0 Å². The molecule has 0 aliphatic carbocycles. The summed E-state index contributed by atoms with van der Waals surface area (Å²) in [6, 6.07) is 16.2. The summed E-state index contributed by atoms with van der Waals surface area (Å²) in [7, 11) is 0. The number of hydrogen-bond acceptors (Lipinski definition) is 4. The topological polar surface area (TPSA) is 75.4 Å². The summed E-state index contributed by atoms with van der Waals surface area (Å²) >= 11 is 0. The molecule has 1 fully saturated rings. The number of rotatable bonds is 7. The first-order valence-corrected chi connectivity index (χ1v) is 10.9. The van der Waals surface area contributed by atoms with Gasteiger partial charge in [-0.25, -0.2) is 4.98 Å². The zero-order valence-electron chi connectivity index (χ0n) is 18.3. The number of carbonyl (C=O) groups excluding carboxylic acids is 2. The van der Waals surface area contributed by atoms with Crippen molar-refractivity contribution in [3.8, 4) is 0 Å². The predicted octanol–water partition coefficient (Wildman–Crippen LogP) is 4.52. The zero-order valence-corrected chi connectivity index (χ0v) is 18.3. The molecule has 0 spiro atoms. The van der Waals surface area contributed by atoms with Crippen molar-refractivity contribution >= 4 is 17.4 Å². The highest BCUT2D eigenvalue weighted by Gasteiger charge is 2.45. The highest BCUT2D eigenvalue weighted by atomic mass is 16.3. The van der Waals surface area contributed by atoms with Crippen LogP contribution in [0.4, 0.5) is 0 Å². The van der Waals surface area contributed by atoms with Crippen LogP contribution >= 0.6 is 0 Å². The fraction of sp³-hybridized carbons (Fsp3) is 0.269. The van der Waals surface area contributed by atoms with Crippen LogP contribution in [0.2, 0.25) is 0 Å². The molecule has 1 aromatic heterocycles. The molecule has 6 heteroatoms. The van der Waals surface area contributed by atoms with E-state index in [1.54, 1.807) is 41.7 Å². The molecule has 2 heterocycles. The molecule has 164 valence electrons. The molecular weight excluding hydrogens is 402 g/mol. The number of aryl methyl sites for hydroxylation is 1. The van der Waals surface area contributed by atoms with Gasteiger partial charge in [-0.15, -0.1) is 0 Å². The average molecular weight is 430 g/mol. The van der Waals surface area contributed by atoms with Crippen LogP contribution in [0, 0.1) is 0 Å². The summed E-state index contributed by atoms with van der Waals surface area (Å²) < 4.78 is 1.94. The average Bonchev–Trinajstić information content (AvgIpc) is 3.41. The van der Waals surface area contributed by atoms with Crippen LogP contribution in [0.1, 0.15) is 48.9 Å². The highest BCUT2D eigenvalue weighted by Crippen LogP contribution is 2.39. The third-order valence-corrected chi connectivity index (χ3v) is 5.88. The maximum atomic E-state index is 13.1. The van der Waals surface area contributed by atoms with E-state index in [4.69, 9.17) is 0 Å². The van der Waals surface area contributed by atoms with Crippen LogP contribution in [0.3, 0.4) is 0 Å². The Kier molecular flexibility index (Phi) is 6.21. The lowest BCUT2D eigenvalue weighted by molar-refractivity contribution is -0.139. The van der Waals surface area contributed by atoms with E-state index in [0.717, 1.165) is 5.56 Å². The zero-order chi connectivity index (χ0) is 22.7. The molecule has 3 aromatic rings. The minimum absolute atomic E-state index is 0.140. The first-order valence-electron chi connectivity index (χ1n) is 10.9. The summed E-state index contributed by atoms with van der Waals surface area (Å²) in [6.07, 6.45) is 5.97. The summed E-state index contributed by atoms with van der Waals surface area (Å²) in [4.78, 5) is 31.7. The SMILES string of the molecule is CC(C)c1ccc([C@@H]2C(=C(O)c3ccccc3)C(=O)C(=O)N2CCCn2ccnc2)cc1. The lowest BCUT2D eigenvalue weighted by atomic mass is 9.93. The minimum atomic E-state index is -0.646. The smallest absolute Gasteiger partial charge is 0.295 e. The van der Waals surface area contributed by atoms with Gasteiger partial charge in [-0.3, -0.25) is 9.59 Å². The largest absolute Gasteiger partial charge is 0.507 e. The summed E-state index contributed by atoms with van der Waals surface area (Å²) in [6.45, 7) is 5.31. The van der Waals surface area contributed by atoms with E-state index < -0.39 is 17.7 Å². The molecule has 32 heavy (non-hydrogen) atoms. The van der Waals surface area contributed by atoms with E-state index in [1.807, 2.05) is 41.1 Å². The Morgan fingerprint density at radius 1 is 1.03 bits per heavy atom. The van der Waals surface area contributed by atoms with Crippen LogP contribution in [0.5, 0.6) is 0 Å². The molecule has 0 saturated carbocycles. The van der Waals surface area contributed by atoms with Gasteiger partial charge in [-0.1, -0.05) is 68.4 Å². The lowest BCUT2D eigenvalue weighted by Crippen LogP contribution is -2.31. The van der Waals surface area contributed by atoms with Gasteiger partial charge in [0.05, 0.1) is 17.9 Å². The van der Waals surface area contributed by atoms with Crippen LogP contribution in [0.15, 0.2) is 78.9 Å². The van der Waals surface area contributed by atoms with Crippen LogP contribution < -0.4 is 0 Å². The first-order chi connectivity index (χ1) is 15.5. The maximum Gasteiger partial charge on any atom is 0.295 e. The van der Waals surface area contributed by atoms with Crippen molar-refractivity contribution in [1.82, 2.24) is 14.5 Å². The number of aromatic nitrogens is 2. The molecule has 6 nitrogen and oxygen atoms in total. The minimum Gasteiger partial charge on any atom is -0.507 e. The Morgan fingerprint density at radius 2 is 1.75 bits per heavy atom. The molecule has 1 amide bonds. The number of aliphatic hydroxyl groups is 1. The number of aliphatic hydroxyl groups excluding tert-OH is 1. The summed E-state index contributed by atoms with van der Waals surface area (Å²) in [5.41, 5.74) is 2.65. The second kappa shape index (κ2) is 9.22. The fourth-order valence-corrected chi connectivity index (χ4v) is 4.11. The Labute approximate surface area is 187 Å². The predicted molar refractivity (Wildman–Crippen MR) is 123 cm³/mol. The van der Waals surface area contributed by atoms with Gasteiger partial charge >= 0.3 is 0 Å². The molecule has 1 saturated heterocycles. The summed E-state index contributed by atoms with van der Waals surface area (Å²) in [5.74, 6) is -0.994. The molecule has 4 rings (SSSR count). The van der Waals surface area contributed by atoms with Crippen LogP contribution in [-0.2, 0) is 16.1 Å². The second-order valence-electron chi connectivity index (χ2n) is 8.33. The first kappa shape index (κ1) is 21.6. The Hall–Kier alpha value is -3.67. The van der Waals surface area contributed by atoms with E-state index >= 15 is 0 Å². The maximum absolute atomic E-state index is 13.1. The van der Waals surface area contributed by atoms with Gasteiger partial charge in [0.2, 0.25) is 0 Å². The Balaban J connectivity index is 1.72. The number of benzene rings is 2. The van der Waals surface area contributed by atoms with Crippen molar-refractivity contribution in [2.75, 3.05) is 6.54 Å². The molecule has 0 bridgehead atoms. The number of likely N-dealkylation sites (tertiary alicyclic amines) is 1. The van der Waals surface area contributed by atoms with Crippen molar-refractivity contribution in [3.63, 3.8) is 0 Å². The molecule has 0 radical (unpaired) electrons. The Bertz CT molecular complexity index is 1120. The number of ketones is 1. The second-order valence-corrected chi connectivity index (χ2v) is 8.33. The van der Waals surface area contributed by atoms with E-state index in [0.29, 0.717) is 31.0 Å². The third-order valence-electron chi connectivity index (χ3n) is 5.88. The van der Waals surface area contributed by atoms with Gasteiger partial charge in [-0.2, -0.15) is 0 Å². The highest BCUT2D eigenvalue weighted by molar-refractivity contribution is 6.46. The molecule has 2 aromatic carbocycles. The number of Topliss-reactive ketones (excluding diaryl/α,β-unsaturated/α-hetero) is 1. The molecule has 0 unspecified atom stereocenters. The number of imidazole rings is 1. The fourth-order valence-electron chi connectivity index (χ4n) is 4.11. The molecule has 1 aliphatic heterocycles. The quantitative estimate of drug-likeness (QED) is 0.340. The van der Waals surface area contributed by atoms with E-state index in [1.165, 1.54) is 5.56 Å². The monoisotopic (exact) mass is 429 g/mol. The van der Waals surface area contributed by atoms with Crippen molar-refractivity contribution in [1.29, 1.82) is 0 Å². The Morgan fingerprint density at radius 3 is 2.38 bits per heavy atom. The van der Waals surface area contributed by atoms with Gasteiger partial charge in [0.1, 0.15) is 5.76 Å². The van der Waals surface area contributed by atoms with Gasteiger partial charge in [-0.05, 0) is 23.5 Å². The van der Waals surface area contributed by atoms with Gasteiger partial charge in [0.25, 0.3) is 11.7 Å². The lowest BCUT2D eigenvalue weighted by Gasteiger charge is -2.25. The summed E-state index contributed by atoms with van der Waals surface area (Å²) in [5, 5.41) is 11.0. The molecule has 1 aliphatic rings. The van der Waals surface area contributed by atoms with Gasteiger partial charge < -0.3 is 14.6 Å².